The van der Waals surface area contributed by atoms with Crippen molar-refractivity contribution in [2.75, 3.05) is 39.3 Å². The van der Waals surface area contributed by atoms with Crippen LogP contribution in [0, 0.1) is 11.3 Å². The highest BCUT2D eigenvalue weighted by atomic mass is 15.3. The van der Waals surface area contributed by atoms with Crippen LogP contribution in [0.4, 0.5) is 0 Å². The number of nitrogens with one attached hydrogen (secondary N) is 1. The van der Waals surface area contributed by atoms with Crippen molar-refractivity contribution in [3.05, 3.63) is 0 Å². The van der Waals surface area contributed by atoms with Crippen LogP contribution in [0.2, 0.25) is 0 Å². The molecule has 0 bridgehead atoms. The lowest BCUT2D eigenvalue weighted by Gasteiger charge is -2.35. The Labute approximate surface area is 124 Å². The predicted octanol–water partition coefficient (Wildman–Crippen LogP) is 1.83. The van der Waals surface area contributed by atoms with Crippen LogP contribution >= 0.6 is 0 Å². The van der Waals surface area contributed by atoms with Crippen molar-refractivity contribution in [1.29, 1.82) is 5.26 Å². The summed E-state index contributed by atoms with van der Waals surface area (Å²) in [6, 6.07) is 3.41. The van der Waals surface area contributed by atoms with E-state index >= 15 is 0 Å². The number of nitrogens with zero attached hydrogens (tertiary/aromatic N) is 3. The second-order valence-electron chi connectivity index (χ2n) is 6.29. The van der Waals surface area contributed by atoms with Crippen molar-refractivity contribution in [1.82, 2.24) is 15.1 Å². The minimum atomic E-state index is -0.301. The van der Waals surface area contributed by atoms with Gasteiger partial charge in [0.25, 0.3) is 0 Å². The average molecular weight is 278 g/mol. The molecule has 1 heterocycles. The van der Waals surface area contributed by atoms with Gasteiger partial charge in [0, 0.05) is 32.2 Å². The maximum atomic E-state index is 9.41. The second kappa shape index (κ2) is 7.40. The molecule has 0 aromatic rings. The first-order valence-corrected chi connectivity index (χ1v) is 8.35. The van der Waals surface area contributed by atoms with Gasteiger partial charge in [-0.25, -0.2) is 0 Å². The third-order valence-corrected chi connectivity index (χ3v) is 4.88. The summed E-state index contributed by atoms with van der Waals surface area (Å²) in [4.78, 5) is 5.23. The van der Waals surface area contributed by atoms with E-state index in [4.69, 9.17) is 0 Å². The zero-order valence-electron chi connectivity index (χ0n) is 13.2. The lowest BCUT2D eigenvalue weighted by atomic mass is 9.92. The fourth-order valence-electron chi connectivity index (χ4n) is 3.30. The molecule has 20 heavy (non-hydrogen) atoms. The summed E-state index contributed by atoms with van der Waals surface area (Å²) in [5.74, 6) is 0. The monoisotopic (exact) mass is 278 g/mol. The average Bonchev–Trinajstić information content (AvgIpc) is 3.32. The highest BCUT2D eigenvalue weighted by Crippen LogP contribution is 2.27. The number of nitriles is 1. The normalized spacial score (nSPS) is 24.2. The Morgan fingerprint density at radius 2 is 1.90 bits per heavy atom. The Balaban J connectivity index is 1.66. The van der Waals surface area contributed by atoms with Gasteiger partial charge in [0.2, 0.25) is 0 Å². The Morgan fingerprint density at radius 3 is 2.40 bits per heavy atom. The maximum Gasteiger partial charge on any atom is 0.106 e. The molecule has 4 heteroatoms. The van der Waals surface area contributed by atoms with E-state index in [0.29, 0.717) is 0 Å². The lowest BCUT2D eigenvalue weighted by Crippen LogP contribution is -2.48. The number of hydrogen-bond donors (Lipinski definition) is 1. The van der Waals surface area contributed by atoms with Crippen LogP contribution in [0.1, 0.15) is 46.0 Å². The fraction of sp³-hybridized carbons (Fsp3) is 0.938. The van der Waals surface area contributed by atoms with Gasteiger partial charge >= 0.3 is 0 Å². The van der Waals surface area contributed by atoms with Crippen molar-refractivity contribution < 1.29 is 0 Å². The lowest BCUT2D eigenvalue weighted by molar-refractivity contribution is 0.123. The van der Waals surface area contributed by atoms with Crippen molar-refractivity contribution in [2.45, 2.75) is 57.5 Å². The third-order valence-electron chi connectivity index (χ3n) is 4.88. The quantitative estimate of drug-likeness (QED) is 0.735. The van der Waals surface area contributed by atoms with Gasteiger partial charge in [0.15, 0.2) is 0 Å². The molecule has 2 rings (SSSR count). The summed E-state index contributed by atoms with van der Waals surface area (Å²) < 4.78 is 0. The first kappa shape index (κ1) is 15.8. The molecule has 1 atom stereocenters. The Hall–Kier alpha value is -0.630. The van der Waals surface area contributed by atoms with Gasteiger partial charge < -0.3 is 4.90 Å². The second-order valence-corrected chi connectivity index (χ2v) is 6.29. The molecular weight excluding hydrogens is 248 g/mol. The molecule has 1 aliphatic heterocycles. The molecule has 1 unspecified atom stereocenters. The van der Waals surface area contributed by atoms with E-state index in [-0.39, 0.29) is 5.54 Å². The minimum Gasteiger partial charge on any atom is -0.301 e. The van der Waals surface area contributed by atoms with E-state index in [1.807, 2.05) is 0 Å². The zero-order chi connectivity index (χ0) is 14.4. The molecular formula is C16H30N4. The van der Waals surface area contributed by atoms with Gasteiger partial charge in [-0.1, -0.05) is 13.8 Å². The number of hydrogen-bond acceptors (Lipinski definition) is 4. The summed E-state index contributed by atoms with van der Waals surface area (Å²) >= 11 is 0. The fourth-order valence-corrected chi connectivity index (χ4v) is 3.30. The van der Waals surface area contributed by atoms with Gasteiger partial charge in [0.1, 0.15) is 5.54 Å². The van der Waals surface area contributed by atoms with Gasteiger partial charge in [-0.15, -0.1) is 0 Å². The van der Waals surface area contributed by atoms with Crippen molar-refractivity contribution in [3.8, 4) is 6.07 Å². The van der Waals surface area contributed by atoms with Gasteiger partial charge in [0.05, 0.1) is 6.07 Å². The van der Waals surface area contributed by atoms with Gasteiger partial charge in [-0.05, 0) is 45.2 Å². The molecule has 0 spiro atoms. The van der Waals surface area contributed by atoms with E-state index in [1.54, 1.807) is 0 Å². The molecule has 114 valence electrons. The third kappa shape index (κ3) is 4.18. The van der Waals surface area contributed by atoms with Crippen LogP contribution in [0.25, 0.3) is 0 Å². The molecule has 0 amide bonds. The Morgan fingerprint density at radius 1 is 1.20 bits per heavy atom. The molecule has 1 saturated carbocycles. The smallest absolute Gasteiger partial charge is 0.106 e. The van der Waals surface area contributed by atoms with E-state index in [0.717, 1.165) is 38.4 Å². The van der Waals surface area contributed by atoms with Crippen LogP contribution in [-0.2, 0) is 0 Å². The first-order valence-electron chi connectivity index (χ1n) is 8.35. The molecule has 0 aromatic heterocycles. The summed E-state index contributed by atoms with van der Waals surface area (Å²) in [5.41, 5.74) is -0.301. The molecule has 1 aliphatic carbocycles. The SMILES string of the molecule is CCNC(C#N)(CC)CCCN1CCN(C2CC2)CC1. The van der Waals surface area contributed by atoms with Crippen LogP contribution in [-0.4, -0.2) is 60.6 Å². The van der Waals surface area contributed by atoms with Crippen molar-refractivity contribution in [3.63, 3.8) is 0 Å². The molecule has 2 aliphatic rings. The van der Waals surface area contributed by atoms with Crippen LogP contribution in [0.15, 0.2) is 0 Å². The van der Waals surface area contributed by atoms with Crippen LogP contribution in [0.3, 0.4) is 0 Å². The Kier molecular flexibility index (Phi) is 5.83. The minimum absolute atomic E-state index is 0.301. The molecule has 1 N–H and O–H groups in total. The summed E-state index contributed by atoms with van der Waals surface area (Å²) in [6.45, 7) is 11.1. The van der Waals surface area contributed by atoms with E-state index < -0.39 is 0 Å². The number of rotatable bonds is 8. The molecule has 4 nitrogen and oxygen atoms in total. The van der Waals surface area contributed by atoms with Crippen LogP contribution in [0.5, 0.6) is 0 Å². The maximum absolute atomic E-state index is 9.41. The molecule has 0 aromatic carbocycles. The molecule has 2 fully saturated rings. The van der Waals surface area contributed by atoms with Gasteiger partial charge in [-0.2, -0.15) is 5.26 Å². The number of piperazine rings is 1. The Bertz CT molecular complexity index is 326. The van der Waals surface area contributed by atoms with E-state index in [2.05, 4.69) is 35.0 Å². The predicted molar refractivity (Wildman–Crippen MR) is 82.6 cm³/mol. The topological polar surface area (TPSA) is 42.3 Å². The first-order chi connectivity index (χ1) is 9.73. The summed E-state index contributed by atoms with van der Waals surface area (Å²) in [6.07, 6.45) is 5.83. The highest BCUT2D eigenvalue weighted by molar-refractivity contribution is 5.06. The van der Waals surface area contributed by atoms with Crippen molar-refractivity contribution >= 4 is 0 Å². The summed E-state index contributed by atoms with van der Waals surface area (Å²) in [5, 5.41) is 12.8. The van der Waals surface area contributed by atoms with Gasteiger partial charge in [-0.3, -0.25) is 10.2 Å². The standard InChI is InChI=1S/C16H30N4/c1-3-16(14-17,18-4-2)8-5-9-19-10-12-20(13-11-19)15-6-7-15/h15,18H,3-13H2,1-2H3. The largest absolute Gasteiger partial charge is 0.301 e. The van der Waals surface area contributed by atoms with E-state index in [1.165, 1.54) is 39.0 Å². The zero-order valence-corrected chi connectivity index (χ0v) is 13.2. The van der Waals surface area contributed by atoms with E-state index in [9.17, 15) is 5.26 Å². The molecule has 0 radical (unpaired) electrons. The van der Waals surface area contributed by atoms with Crippen molar-refractivity contribution in [2.24, 2.45) is 0 Å². The summed E-state index contributed by atoms with van der Waals surface area (Å²) in [7, 11) is 0. The van der Waals surface area contributed by atoms with Crippen LogP contribution < -0.4 is 5.32 Å². The molecule has 1 saturated heterocycles. The highest BCUT2D eigenvalue weighted by Gasteiger charge is 2.31.